The molecule has 2 atom stereocenters. The Morgan fingerprint density at radius 3 is 3.05 bits per heavy atom. The predicted molar refractivity (Wildman–Crippen MR) is 82.4 cm³/mol. The Morgan fingerprint density at radius 2 is 2.14 bits per heavy atom. The van der Waals surface area contributed by atoms with Gasteiger partial charge >= 0.3 is 0 Å². The van der Waals surface area contributed by atoms with Gasteiger partial charge in [-0.25, -0.2) is 4.39 Å². The first-order valence-electron chi connectivity index (χ1n) is 8.13. The van der Waals surface area contributed by atoms with Crippen LogP contribution in [0.15, 0.2) is 18.2 Å². The van der Waals surface area contributed by atoms with Gasteiger partial charge in [0.2, 0.25) is 0 Å². The second kappa shape index (κ2) is 7.09. The van der Waals surface area contributed by atoms with Crippen LogP contribution in [0.25, 0.3) is 0 Å². The molecule has 0 spiro atoms. The largest absolute Gasteiger partial charge is 0.483 e. The van der Waals surface area contributed by atoms with E-state index in [1.165, 1.54) is 12.1 Å². The van der Waals surface area contributed by atoms with Crippen LogP contribution in [0.3, 0.4) is 0 Å². The third-order valence-corrected chi connectivity index (χ3v) is 4.61. The van der Waals surface area contributed by atoms with Crippen LogP contribution >= 0.6 is 0 Å². The van der Waals surface area contributed by atoms with Crippen molar-refractivity contribution in [3.05, 3.63) is 29.6 Å². The summed E-state index contributed by atoms with van der Waals surface area (Å²) in [5, 5.41) is 6.50. The minimum absolute atomic E-state index is 0.00468. The van der Waals surface area contributed by atoms with Crippen LogP contribution in [0, 0.1) is 11.7 Å². The number of halogens is 1. The Morgan fingerprint density at radius 1 is 1.23 bits per heavy atom. The maximum Gasteiger partial charge on any atom is 0.258 e. The van der Waals surface area contributed by atoms with E-state index < -0.39 is 0 Å². The molecule has 2 N–H and O–H groups in total. The van der Waals surface area contributed by atoms with Gasteiger partial charge in [-0.05, 0) is 68.5 Å². The molecule has 2 heterocycles. The quantitative estimate of drug-likeness (QED) is 0.771. The molecule has 0 unspecified atom stereocenters. The Kier molecular flexibility index (Phi) is 4.93. The van der Waals surface area contributed by atoms with Gasteiger partial charge in [0.05, 0.1) is 0 Å². The molecule has 1 saturated heterocycles. The molecule has 0 radical (unpaired) electrons. The second-order valence-electron chi connectivity index (χ2n) is 6.21. The van der Waals surface area contributed by atoms with E-state index in [-0.39, 0.29) is 24.4 Å². The lowest BCUT2D eigenvalue weighted by molar-refractivity contribution is -0.124. The normalized spacial score (nSPS) is 26.5. The zero-order valence-electron chi connectivity index (χ0n) is 12.7. The molecular weight excluding hydrogens is 283 g/mol. The van der Waals surface area contributed by atoms with E-state index in [0.717, 1.165) is 50.8 Å². The number of rotatable bonds is 0. The summed E-state index contributed by atoms with van der Waals surface area (Å²) in [7, 11) is 0. The molecule has 1 aromatic rings. The van der Waals surface area contributed by atoms with Gasteiger partial charge in [0, 0.05) is 6.04 Å². The van der Waals surface area contributed by atoms with Crippen LogP contribution in [0.4, 0.5) is 4.39 Å². The number of nitrogens with one attached hydrogen (secondary N) is 2. The highest BCUT2D eigenvalue weighted by Gasteiger charge is 2.26. The molecule has 0 bridgehead atoms. The molecule has 0 saturated carbocycles. The molecular formula is C17H23FN2O2. The molecule has 2 aliphatic heterocycles. The van der Waals surface area contributed by atoms with Gasteiger partial charge in [0.15, 0.2) is 6.61 Å². The Balaban J connectivity index is 1.74. The molecule has 1 aromatic carbocycles. The van der Waals surface area contributed by atoms with Crippen molar-refractivity contribution in [1.29, 1.82) is 0 Å². The number of aryl methyl sites for hydroxylation is 1. The van der Waals surface area contributed by atoms with Crippen LogP contribution in [-0.2, 0) is 11.2 Å². The first-order chi connectivity index (χ1) is 10.7. The first kappa shape index (κ1) is 15.3. The van der Waals surface area contributed by atoms with Crippen LogP contribution in [-0.4, -0.2) is 31.6 Å². The van der Waals surface area contributed by atoms with Crippen molar-refractivity contribution in [2.45, 2.75) is 38.1 Å². The van der Waals surface area contributed by atoms with Gasteiger partial charge in [-0.1, -0.05) is 6.42 Å². The van der Waals surface area contributed by atoms with Gasteiger partial charge in [0.25, 0.3) is 5.91 Å². The Hall–Kier alpha value is -1.62. The average molecular weight is 306 g/mol. The fraction of sp³-hybridized carbons (Fsp3) is 0.588. The highest BCUT2D eigenvalue weighted by atomic mass is 19.1. The first-order valence-corrected chi connectivity index (χ1v) is 8.13. The number of benzene rings is 1. The Bertz CT molecular complexity index is 535. The van der Waals surface area contributed by atoms with Crippen LogP contribution in [0.1, 0.15) is 31.2 Å². The molecule has 120 valence electrons. The van der Waals surface area contributed by atoms with Gasteiger partial charge in [-0.15, -0.1) is 0 Å². The predicted octanol–water partition coefficient (Wildman–Crippen LogP) is 2.03. The zero-order chi connectivity index (χ0) is 15.4. The standard InChI is InChI=1S/C17H23FN2O2/c18-14-5-6-16-12(9-14)3-1-2-4-13-10-19-8-7-15(13)20-17(21)11-22-16/h5-6,9,13,15,19H,1-4,7-8,10-11H2,(H,20,21)/t13-,15+/m1/s1. The molecule has 3 rings (SSSR count). The molecule has 0 aliphatic carbocycles. The monoisotopic (exact) mass is 306 g/mol. The summed E-state index contributed by atoms with van der Waals surface area (Å²) in [6.45, 7) is 1.90. The summed E-state index contributed by atoms with van der Waals surface area (Å²) in [5.41, 5.74) is 0.853. The van der Waals surface area contributed by atoms with Crippen molar-refractivity contribution < 1.29 is 13.9 Å². The van der Waals surface area contributed by atoms with E-state index in [4.69, 9.17) is 4.74 Å². The van der Waals surface area contributed by atoms with Gasteiger partial charge in [-0.2, -0.15) is 0 Å². The number of carbonyl (C=O) groups excluding carboxylic acids is 1. The van der Waals surface area contributed by atoms with Crippen molar-refractivity contribution in [2.24, 2.45) is 5.92 Å². The SMILES string of the molecule is O=C1COc2ccc(F)cc2CCCC[C@@H]2CNCC[C@@H]2N1. The maximum atomic E-state index is 13.4. The lowest BCUT2D eigenvalue weighted by Crippen LogP contribution is -2.50. The fourth-order valence-electron chi connectivity index (χ4n) is 3.41. The van der Waals surface area contributed by atoms with Crippen LogP contribution in [0.5, 0.6) is 5.75 Å². The van der Waals surface area contributed by atoms with Crippen molar-refractivity contribution in [1.82, 2.24) is 10.6 Å². The van der Waals surface area contributed by atoms with E-state index in [1.54, 1.807) is 6.07 Å². The van der Waals surface area contributed by atoms with Crippen molar-refractivity contribution in [3.63, 3.8) is 0 Å². The van der Waals surface area contributed by atoms with Gasteiger partial charge in [0.1, 0.15) is 11.6 Å². The van der Waals surface area contributed by atoms with Crippen molar-refractivity contribution in [2.75, 3.05) is 19.7 Å². The number of ether oxygens (including phenoxy) is 1. The number of carbonyl (C=O) groups is 1. The summed E-state index contributed by atoms with van der Waals surface area (Å²) in [5.74, 6) is 0.756. The molecule has 0 aromatic heterocycles. The second-order valence-corrected chi connectivity index (χ2v) is 6.21. The number of fused-ring (bicyclic) bond motifs is 2. The lowest BCUT2D eigenvalue weighted by Gasteiger charge is -2.33. The molecule has 5 heteroatoms. The third kappa shape index (κ3) is 3.77. The van der Waals surface area contributed by atoms with Gasteiger partial charge in [-0.3, -0.25) is 4.79 Å². The topological polar surface area (TPSA) is 50.4 Å². The Labute approximate surface area is 130 Å². The summed E-state index contributed by atoms with van der Waals surface area (Å²) in [4.78, 5) is 12.1. The summed E-state index contributed by atoms with van der Waals surface area (Å²) in [6.07, 6.45) is 4.94. The number of hydrogen-bond acceptors (Lipinski definition) is 3. The summed E-state index contributed by atoms with van der Waals surface area (Å²) < 4.78 is 19.0. The van der Waals surface area contributed by atoms with E-state index >= 15 is 0 Å². The molecule has 22 heavy (non-hydrogen) atoms. The molecule has 1 amide bonds. The average Bonchev–Trinajstić information content (AvgIpc) is 2.51. The smallest absolute Gasteiger partial charge is 0.258 e. The highest BCUT2D eigenvalue weighted by Crippen LogP contribution is 2.24. The number of amides is 1. The van der Waals surface area contributed by atoms with E-state index in [1.807, 2.05) is 0 Å². The lowest BCUT2D eigenvalue weighted by atomic mass is 9.88. The summed E-state index contributed by atoms with van der Waals surface area (Å²) in [6, 6.07) is 4.76. The molecule has 1 fully saturated rings. The molecule has 2 aliphatic rings. The van der Waals surface area contributed by atoms with E-state index in [2.05, 4.69) is 10.6 Å². The van der Waals surface area contributed by atoms with Crippen molar-refractivity contribution in [3.8, 4) is 5.75 Å². The van der Waals surface area contributed by atoms with E-state index in [0.29, 0.717) is 11.7 Å². The number of piperidine rings is 1. The van der Waals surface area contributed by atoms with Crippen molar-refractivity contribution >= 4 is 5.91 Å². The third-order valence-electron chi connectivity index (χ3n) is 4.61. The maximum absolute atomic E-state index is 13.4. The summed E-state index contributed by atoms with van der Waals surface area (Å²) >= 11 is 0. The van der Waals surface area contributed by atoms with Gasteiger partial charge < -0.3 is 15.4 Å². The number of hydrogen-bond donors (Lipinski definition) is 2. The highest BCUT2D eigenvalue weighted by molar-refractivity contribution is 5.78. The van der Waals surface area contributed by atoms with E-state index in [9.17, 15) is 9.18 Å². The van der Waals surface area contributed by atoms with Crippen LogP contribution in [0.2, 0.25) is 0 Å². The van der Waals surface area contributed by atoms with Crippen LogP contribution < -0.4 is 15.4 Å². The minimum Gasteiger partial charge on any atom is -0.483 e. The molecule has 4 nitrogen and oxygen atoms in total. The fourth-order valence-corrected chi connectivity index (χ4v) is 3.41. The zero-order valence-corrected chi connectivity index (χ0v) is 12.7. The minimum atomic E-state index is -0.254.